The van der Waals surface area contributed by atoms with Crippen molar-refractivity contribution in [1.29, 1.82) is 0 Å². The van der Waals surface area contributed by atoms with Gasteiger partial charge >= 0.3 is 0 Å². The van der Waals surface area contributed by atoms with Gasteiger partial charge in [0.05, 0.1) is 10.9 Å². The molecule has 0 radical (unpaired) electrons. The quantitative estimate of drug-likeness (QED) is 0.143. The van der Waals surface area contributed by atoms with Crippen LogP contribution in [-0.2, 0) is 10.9 Å². The zero-order valence-electron chi connectivity index (χ0n) is 22.0. The molecule has 6 heteroatoms. The first-order chi connectivity index (χ1) is 19.0. The van der Waals surface area contributed by atoms with E-state index in [4.69, 9.17) is 0 Å². The molecule has 40 heavy (non-hydrogen) atoms. The van der Waals surface area contributed by atoms with Gasteiger partial charge < -0.3 is 12.4 Å². The number of ketones is 2. The second-order valence-electron chi connectivity index (χ2n) is 8.93. The summed E-state index contributed by atoms with van der Waals surface area (Å²) in [5.74, 6) is 0.164. The van der Waals surface area contributed by atoms with Crippen LogP contribution < -0.4 is 12.4 Å². The van der Waals surface area contributed by atoms with Crippen LogP contribution in [0.15, 0.2) is 162 Å². The largest absolute Gasteiger partial charge is 1.00 e. The van der Waals surface area contributed by atoms with Crippen LogP contribution in [0.5, 0.6) is 0 Å². The molecule has 0 heterocycles. The van der Waals surface area contributed by atoms with E-state index < -0.39 is 0 Å². The molecule has 0 saturated carbocycles. The summed E-state index contributed by atoms with van der Waals surface area (Å²) in [5.41, 5.74) is 1.47. The van der Waals surface area contributed by atoms with Crippen molar-refractivity contribution in [2.24, 2.45) is 0 Å². The zero-order chi connectivity index (χ0) is 27.2. The minimum Gasteiger partial charge on any atom is -1.00 e. The molecule has 0 aromatic heterocycles. The molecule has 5 aromatic rings. The number of hydrogen-bond donors (Lipinski definition) is 0. The summed E-state index contributed by atoms with van der Waals surface area (Å²) in [5, 5.41) is 0. The normalized spacial score (nSPS) is 10.7. The van der Waals surface area contributed by atoms with Crippen LogP contribution in [0, 0.1) is 0 Å². The lowest BCUT2D eigenvalue weighted by Crippen LogP contribution is -3.00. The number of rotatable bonds is 9. The van der Waals surface area contributed by atoms with Gasteiger partial charge in [0, 0.05) is 30.7 Å². The Morgan fingerprint density at radius 1 is 0.450 bits per heavy atom. The Labute approximate surface area is 253 Å². The van der Waals surface area contributed by atoms with Crippen molar-refractivity contribution >= 4 is 46.0 Å². The van der Waals surface area contributed by atoms with E-state index in [1.54, 1.807) is 37.4 Å². The third-order valence-corrected chi connectivity index (χ3v) is 10.4. The Morgan fingerprint density at radius 3 is 1.07 bits per heavy atom. The van der Waals surface area contributed by atoms with Crippen molar-refractivity contribution in [2.45, 2.75) is 48.1 Å². The van der Waals surface area contributed by atoms with Gasteiger partial charge in [-0.1, -0.05) is 66.0 Å². The van der Waals surface area contributed by atoms with Gasteiger partial charge in [-0.2, -0.15) is 0 Å². The average Bonchev–Trinajstić information content (AvgIpc) is 2.96. The first-order valence-corrected chi connectivity index (χ1v) is 15.4. The second-order valence-corrected chi connectivity index (χ2v) is 13.2. The van der Waals surface area contributed by atoms with E-state index in [9.17, 15) is 9.59 Å². The highest BCUT2D eigenvalue weighted by atomic mass is 35.5. The van der Waals surface area contributed by atoms with Crippen LogP contribution in [0.1, 0.15) is 34.6 Å². The predicted molar refractivity (Wildman–Crippen MR) is 163 cm³/mol. The van der Waals surface area contributed by atoms with Gasteiger partial charge in [0.15, 0.2) is 26.3 Å². The fraction of sp³-hybridized carbons (Fsp3) is 0.0588. The molecule has 5 rings (SSSR count). The van der Waals surface area contributed by atoms with Crippen molar-refractivity contribution in [3.05, 3.63) is 139 Å². The first kappa shape index (κ1) is 29.8. The summed E-state index contributed by atoms with van der Waals surface area (Å²) < 4.78 is 0. The lowest BCUT2D eigenvalue weighted by molar-refractivity contribution is -0.0000233. The van der Waals surface area contributed by atoms with Crippen LogP contribution in [0.25, 0.3) is 0 Å². The molecular formula is C34H27ClO2S3. The van der Waals surface area contributed by atoms with Gasteiger partial charge in [0.25, 0.3) is 0 Å². The van der Waals surface area contributed by atoms with E-state index in [1.807, 2.05) is 48.5 Å². The lowest BCUT2D eigenvalue weighted by Gasteiger charge is -2.10. The molecule has 0 spiro atoms. The Morgan fingerprint density at radius 2 is 0.750 bits per heavy atom. The van der Waals surface area contributed by atoms with Crippen molar-refractivity contribution in [3.8, 4) is 0 Å². The molecule has 0 unspecified atom stereocenters. The molecule has 0 atom stereocenters. The van der Waals surface area contributed by atoms with Gasteiger partial charge in [0.2, 0.25) is 0 Å². The van der Waals surface area contributed by atoms with E-state index in [-0.39, 0.29) is 34.9 Å². The van der Waals surface area contributed by atoms with Crippen molar-refractivity contribution < 1.29 is 22.0 Å². The van der Waals surface area contributed by atoms with Gasteiger partial charge in [-0.3, -0.25) is 9.59 Å². The highest BCUT2D eigenvalue weighted by molar-refractivity contribution is 7.99. The number of halogens is 1. The van der Waals surface area contributed by atoms with Gasteiger partial charge in [-0.05, 0) is 98.8 Å². The monoisotopic (exact) mass is 598 g/mol. The molecule has 0 N–H and O–H groups in total. The zero-order valence-corrected chi connectivity index (χ0v) is 25.2. The summed E-state index contributed by atoms with van der Waals surface area (Å²) >= 11 is 3.39. The van der Waals surface area contributed by atoms with Crippen LogP contribution in [-0.4, -0.2) is 11.6 Å². The molecule has 0 fully saturated rings. The number of carbonyl (C=O) groups excluding carboxylic acids is 2. The summed E-state index contributed by atoms with van der Waals surface area (Å²) in [6, 6.07) is 43.8. The molecule has 0 aliphatic rings. The first-order valence-electron chi connectivity index (χ1n) is 12.5. The summed E-state index contributed by atoms with van der Waals surface area (Å²) in [7, 11) is -0.234. The SMILES string of the molecule is CC(=O)c1ccc(Sc2ccc([S+](c3ccccc3)c3ccc(Sc4ccc(C(C)=O)cc4)cc3)cc2)cc1.[Cl-]. The Kier molecular flexibility index (Phi) is 10.3. The number of Topliss-reactive ketones (excluding diaryl/α,β-unsaturated/α-hetero) is 2. The maximum Gasteiger partial charge on any atom is 0.166 e. The van der Waals surface area contributed by atoms with Crippen molar-refractivity contribution in [3.63, 3.8) is 0 Å². The summed E-state index contributed by atoms with van der Waals surface area (Å²) in [6.07, 6.45) is 0. The van der Waals surface area contributed by atoms with E-state index in [2.05, 4.69) is 78.9 Å². The minimum absolute atomic E-state index is 0. The van der Waals surface area contributed by atoms with E-state index in [0.29, 0.717) is 0 Å². The Bertz CT molecular complexity index is 1460. The number of benzene rings is 5. The molecule has 0 aliphatic carbocycles. The molecule has 0 saturated heterocycles. The number of carbonyl (C=O) groups is 2. The summed E-state index contributed by atoms with van der Waals surface area (Å²) in [6.45, 7) is 3.18. The molecule has 200 valence electrons. The smallest absolute Gasteiger partial charge is 0.166 e. The van der Waals surface area contributed by atoms with Gasteiger partial charge in [0.1, 0.15) is 0 Å². The van der Waals surface area contributed by atoms with Gasteiger partial charge in [-0.25, -0.2) is 0 Å². The van der Waals surface area contributed by atoms with E-state index in [0.717, 1.165) is 30.7 Å². The van der Waals surface area contributed by atoms with Crippen LogP contribution in [0.3, 0.4) is 0 Å². The molecular weight excluding hydrogens is 572 g/mol. The van der Waals surface area contributed by atoms with Crippen LogP contribution in [0.4, 0.5) is 0 Å². The maximum atomic E-state index is 11.6. The minimum atomic E-state index is -0.234. The molecule has 0 bridgehead atoms. The predicted octanol–water partition coefficient (Wildman–Crippen LogP) is 6.49. The molecule has 5 aromatic carbocycles. The molecule has 0 aliphatic heterocycles. The second kappa shape index (κ2) is 13.9. The topological polar surface area (TPSA) is 34.1 Å². The lowest BCUT2D eigenvalue weighted by atomic mass is 10.2. The fourth-order valence-electron chi connectivity index (χ4n) is 4.04. The number of hydrogen-bond acceptors (Lipinski definition) is 4. The molecule has 0 amide bonds. The highest BCUT2D eigenvalue weighted by Gasteiger charge is 2.28. The van der Waals surface area contributed by atoms with E-state index >= 15 is 0 Å². The standard InChI is InChI=1S/C34H27O2S3.ClH/c1-24(35)26-8-12-28(13-9-26)37-30-16-20-33(21-17-30)39(32-6-4-3-5-7-32)34-22-18-31(19-23-34)38-29-14-10-27(11-15-29)25(2)36;/h3-23H,1-2H3;1H/q+1;/p-1. The average molecular weight is 599 g/mol. The van der Waals surface area contributed by atoms with Crippen LogP contribution in [0.2, 0.25) is 0 Å². The Balaban J connectivity index is 0.00000370. The van der Waals surface area contributed by atoms with Crippen molar-refractivity contribution in [1.82, 2.24) is 0 Å². The van der Waals surface area contributed by atoms with Gasteiger partial charge in [-0.15, -0.1) is 0 Å². The fourth-order valence-corrected chi connectivity index (χ4v) is 7.74. The Hall–Kier alpha value is -3.22. The summed E-state index contributed by atoms with van der Waals surface area (Å²) in [4.78, 5) is 31.5. The molecule has 2 nitrogen and oxygen atoms in total. The van der Waals surface area contributed by atoms with Crippen LogP contribution >= 0.6 is 23.5 Å². The van der Waals surface area contributed by atoms with Crippen molar-refractivity contribution in [2.75, 3.05) is 0 Å². The highest BCUT2D eigenvalue weighted by Crippen LogP contribution is 2.36. The third kappa shape index (κ3) is 7.49. The maximum absolute atomic E-state index is 11.6. The third-order valence-electron chi connectivity index (χ3n) is 6.09. The van der Waals surface area contributed by atoms with E-state index in [1.165, 1.54) is 14.7 Å².